The molecule has 0 saturated heterocycles. The summed E-state index contributed by atoms with van der Waals surface area (Å²) >= 11 is 6.74. The first-order valence-corrected chi connectivity index (χ1v) is 8.45. The van der Waals surface area contributed by atoms with Gasteiger partial charge in [-0.05, 0) is 63.9 Å². The van der Waals surface area contributed by atoms with E-state index in [9.17, 15) is 5.11 Å². The van der Waals surface area contributed by atoms with E-state index in [-0.39, 0.29) is 5.75 Å². The van der Waals surface area contributed by atoms with Crippen LogP contribution >= 0.6 is 31.9 Å². The summed E-state index contributed by atoms with van der Waals surface area (Å²) in [5, 5.41) is 18.5. The van der Waals surface area contributed by atoms with Crippen molar-refractivity contribution in [2.75, 3.05) is 18.0 Å². The second-order valence-corrected chi connectivity index (χ2v) is 6.25. The second-order valence-electron chi connectivity index (χ2n) is 4.48. The van der Waals surface area contributed by atoms with Gasteiger partial charge in [0.15, 0.2) is 11.5 Å². The van der Waals surface area contributed by atoms with Crippen molar-refractivity contribution in [1.29, 1.82) is 0 Å². The molecule has 0 fully saturated rings. The molecular weight excluding hydrogens is 412 g/mol. The number of pyridine rings is 1. The minimum atomic E-state index is 0.0985. The van der Waals surface area contributed by atoms with Crippen LogP contribution in [0.3, 0.4) is 0 Å². The van der Waals surface area contributed by atoms with Gasteiger partial charge in [0, 0.05) is 23.8 Å². The number of aromatic hydroxyl groups is 1. The lowest BCUT2D eigenvalue weighted by molar-refractivity contribution is 0.476. The second kappa shape index (κ2) is 7.69. The Bertz CT molecular complexity index is 687. The number of aromatic nitrogens is 1. The molecule has 0 unspecified atom stereocenters. The zero-order valence-electron chi connectivity index (χ0n) is 12.3. The summed E-state index contributed by atoms with van der Waals surface area (Å²) in [5.41, 5.74) is 1.30. The van der Waals surface area contributed by atoms with Gasteiger partial charge in [-0.25, -0.2) is 4.98 Å². The predicted molar refractivity (Wildman–Crippen MR) is 95.5 cm³/mol. The summed E-state index contributed by atoms with van der Waals surface area (Å²) in [7, 11) is 0. The number of halogens is 2. The van der Waals surface area contributed by atoms with E-state index in [0.29, 0.717) is 11.5 Å². The van der Waals surface area contributed by atoms with Crippen molar-refractivity contribution in [3.05, 3.63) is 39.4 Å². The van der Waals surface area contributed by atoms with Gasteiger partial charge >= 0.3 is 0 Å². The molecule has 0 bridgehead atoms. The lowest BCUT2D eigenvalue weighted by Gasteiger charge is -2.22. The van der Waals surface area contributed by atoms with Gasteiger partial charge < -0.3 is 10.0 Å². The highest BCUT2D eigenvalue weighted by Crippen LogP contribution is 2.38. The molecule has 0 atom stereocenters. The van der Waals surface area contributed by atoms with Crippen LogP contribution in [0.4, 0.5) is 17.2 Å². The first kappa shape index (κ1) is 16.9. The van der Waals surface area contributed by atoms with Crippen molar-refractivity contribution in [2.24, 2.45) is 10.2 Å². The number of rotatable bonds is 5. The Hall–Kier alpha value is -1.47. The largest absolute Gasteiger partial charge is 0.506 e. The minimum absolute atomic E-state index is 0.0985. The van der Waals surface area contributed by atoms with E-state index in [1.807, 2.05) is 12.1 Å². The summed E-state index contributed by atoms with van der Waals surface area (Å²) in [6, 6.07) is 7.17. The van der Waals surface area contributed by atoms with Crippen molar-refractivity contribution in [3.63, 3.8) is 0 Å². The van der Waals surface area contributed by atoms with Crippen molar-refractivity contribution >= 4 is 49.1 Å². The Morgan fingerprint density at radius 2 is 1.91 bits per heavy atom. The molecule has 1 aromatic heterocycles. The maximum Gasteiger partial charge on any atom is 0.188 e. The summed E-state index contributed by atoms with van der Waals surface area (Å²) in [6.07, 6.45) is 1.65. The molecule has 0 aliphatic heterocycles. The van der Waals surface area contributed by atoms with Crippen LogP contribution < -0.4 is 4.90 Å². The Balaban J connectivity index is 2.42. The highest BCUT2D eigenvalue weighted by Gasteiger charge is 2.12. The van der Waals surface area contributed by atoms with Crippen LogP contribution in [0.2, 0.25) is 0 Å². The number of nitrogens with zero attached hydrogens (tertiary/aromatic N) is 4. The van der Waals surface area contributed by atoms with E-state index in [4.69, 9.17) is 0 Å². The minimum Gasteiger partial charge on any atom is -0.506 e. The van der Waals surface area contributed by atoms with Gasteiger partial charge in [-0.3, -0.25) is 0 Å². The number of phenolic OH excluding ortho intramolecular Hbond substituents is 1. The van der Waals surface area contributed by atoms with E-state index >= 15 is 0 Å². The number of benzene rings is 1. The van der Waals surface area contributed by atoms with Gasteiger partial charge in [-0.2, -0.15) is 0 Å². The number of hydrogen-bond acceptors (Lipinski definition) is 5. The lowest BCUT2D eigenvalue weighted by atomic mass is 10.2. The Morgan fingerprint density at radius 3 is 2.55 bits per heavy atom. The average Bonchev–Trinajstić information content (AvgIpc) is 2.49. The molecule has 0 saturated carbocycles. The van der Waals surface area contributed by atoms with Crippen LogP contribution in [0, 0.1) is 0 Å². The van der Waals surface area contributed by atoms with Crippen molar-refractivity contribution in [2.45, 2.75) is 13.8 Å². The van der Waals surface area contributed by atoms with Gasteiger partial charge in [0.05, 0.1) is 10.2 Å². The molecule has 0 radical (unpaired) electrons. The molecule has 0 spiro atoms. The van der Waals surface area contributed by atoms with Crippen LogP contribution in [-0.4, -0.2) is 23.2 Å². The Morgan fingerprint density at radius 1 is 1.18 bits per heavy atom. The van der Waals surface area contributed by atoms with Crippen LogP contribution in [0.1, 0.15) is 13.8 Å². The average molecular weight is 428 g/mol. The zero-order valence-corrected chi connectivity index (χ0v) is 15.5. The molecule has 1 heterocycles. The maximum absolute atomic E-state index is 10.1. The summed E-state index contributed by atoms with van der Waals surface area (Å²) in [6.45, 7) is 5.76. The van der Waals surface area contributed by atoms with E-state index in [1.54, 1.807) is 18.3 Å². The standard InChI is InChI=1S/C15H16Br2N4O/c1-3-21(4-2)12-6-5-7-13(22)14(12)19-20-15-11(17)8-10(16)9-18-15/h5-9,22H,3-4H2,1-2H3. The maximum atomic E-state index is 10.1. The molecule has 1 N–H and O–H groups in total. The zero-order chi connectivity index (χ0) is 16.1. The van der Waals surface area contributed by atoms with Gasteiger partial charge in [0.1, 0.15) is 5.75 Å². The molecule has 116 valence electrons. The van der Waals surface area contributed by atoms with Crippen molar-refractivity contribution in [1.82, 2.24) is 4.98 Å². The van der Waals surface area contributed by atoms with Gasteiger partial charge in [-0.1, -0.05) is 6.07 Å². The van der Waals surface area contributed by atoms with Crippen LogP contribution in [0.15, 0.2) is 49.6 Å². The van der Waals surface area contributed by atoms with Crippen molar-refractivity contribution in [3.8, 4) is 5.75 Å². The molecule has 0 amide bonds. The monoisotopic (exact) mass is 426 g/mol. The number of azo groups is 1. The van der Waals surface area contributed by atoms with E-state index in [1.165, 1.54) is 0 Å². The lowest BCUT2D eigenvalue weighted by Crippen LogP contribution is -2.21. The molecular formula is C15H16Br2N4O. The third kappa shape index (κ3) is 3.84. The quantitative estimate of drug-likeness (QED) is 0.634. The summed E-state index contributed by atoms with van der Waals surface area (Å²) in [5.74, 6) is 0.554. The number of phenols is 1. The first-order valence-electron chi connectivity index (χ1n) is 6.86. The normalized spacial score (nSPS) is 11.1. The molecule has 1 aromatic carbocycles. The topological polar surface area (TPSA) is 61.1 Å². The summed E-state index contributed by atoms with van der Waals surface area (Å²) in [4.78, 5) is 6.30. The fourth-order valence-corrected chi connectivity index (χ4v) is 3.09. The van der Waals surface area contributed by atoms with Crippen LogP contribution in [0.5, 0.6) is 5.75 Å². The highest BCUT2D eigenvalue weighted by atomic mass is 79.9. The van der Waals surface area contributed by atoms with E-state index < -0.39 is 0 Å². The SMILES string of the molecule is CCN(CC)c1cccc(O)c1N=Nc1ncc(Br)cc1Br. The Labute approximate surface area is 146 Å². The van der Waals surface area contributed by atoms with E-state index in [2.05, 4.69) is 65.8 Å². The van der Waals surface area contributed by atoms with E-state index in [0.717, 1.165) is 27.7 Å². The van der Waals surface area contributed by atoms with Crippen LogP contribution in [0.25, 0.3) is 0 Å². The van der Waals surface area contributed by atoms with Crippen LogP contribution in [-0.2, 0) is 0 Å². The predicted octanol–water partition coefficient (Wildman–Crippen LogP) is 5.57. The molecule has 0 aliphatic carbocycles. The number of anilines is 1. The Kier molecular flexibility index (Phi) is 5.90. The van der Waals surface area contributed by atoms with Gasteiger partial charge in [-0.15, -0.1) is 10.2 Å². The molecule has 7 heteroatoms. The molecule has 5 nitrogen and oxygen atoms in total. The molecule has 0 aliphatic rings. The first-order chi connectivity index (χ1) is 10.6. The fraction of sp³-hybridized carbons (Fsp3) is 0.267. The molecule has 2 rings (SSSR count). The molecule has 2 aromatic rings. The third-order valence-corrected chi connectivity index (χ3v) is 4.15. The third-order valence-electron chi connectivity index (χ3n) is 3.13. The summed E-state index contributed by atoms with van der Waals surface area (Å²) < 4.78 is 1.58. The number of hydrogen-bond donors (Lipinski definition) is 1. The highest BCUT2D eigenvalue weighted by molar-refractivity contribution is 9.11. The van der Waals surface area contributed by atoms with Gasteiger partial charge in [0.25, 0.3) is 0 Å². The van der Waals surface area contributed by atoms with Crippen molar-refractivity contribution < 1.29 is 5.11 Å². The fourth-order valence-electron chi connectivity index (χ4n) is 2.02. The smallest absolute Gasteiger partial charge is 0.188 e. The van der Waals surface area contributed by atoms with Gasteiger partial charge in [0.2, 0.25) is 0 Å². The molecule has 22 heavy (non-hydrogen) atoms.